The number of aliphatic hydroxyl groups excluding tert-OH is 2. The summed E-state index contributed by atoms with van der Waals surface area (Å²) in [6.45, 7) is 3.49. The fraction of sp³-hybridized carbons (Fsp3) is 0.406. The smallest absolute Gasteiger partial charge is 0.357 e. The van der Waals surface area contributed by atoms with Crippen LogP contribution >= 0.6 is 7.60 Å². The average molecular weight is 656 g/mol. The summed E-state index contributed by atoms with van der Waals surface area (Å²) in [5, 5.41) is 48.2. The summed E-state index contributed by atoms with van der Waals surface area (Å²) in [4.78, 5) is 41.3. The van der Waals surface area contributed by atoms with Gasteiger partial charge >= 0.3 is 7.60 Å². The summed E-state index contributed by atoms with van der Waals surface area (Å²) in [6, 6.07) is 10.3. The Kier molecular flexibility index (Phi) is 8.82. The number of benzene rings is 2. The van der Waals surface area contributed by atoms with Gasteiger partial charge in [-0.2, -0.15) is 0 Å². The predicted octanol–water partition coefficient (Wildman–Crippen LogP) is 4.02. The molecular formula is C32H38N3O10P. The van der Waals surface area contributed by atoms with Crippen molar-refractivity contribution in [1.29, 1.82) is 0 Å². The van der Waals surface area contributed by atoms with Crippen LogP contribution in [0.1, 0.15) is 54.0 Å². The average Bonchev–Trinajstić information content (AvgIpc) is 2.98. The number of phenols is 1. The van der Waals surface area contributed by atoms with Gasteiger partial charge in [0.05, 0.1) is 24.5 Å². The molecule has 2 aromatic carbocycles. The van der Waals surface area contributed by atoms with Gasteiger partial charge in [-0.3, -0.25) is 18.9 Å². The van der Waals surface area contributed by atoms with Crippen molar-refractivity contribution in [2.24, 2.45) is 17.6 Å². The minimum atomic E-state index is -3.91. The number of hydrogen-bond donors (Lipinski definition) is 6. The van der Waals surface area contributed by atoms with E-state index in [0.717, 1.165) is 0 Å². The van der Waals surface area contributed by atoms with Gasteiger partial charge in [0.2, 0.25) is 5.78 Å². The first-order chi connectivity index (χ1) is 21.7. The molecule has 0 radical (unpaired) electrons. The van der Waals surface area contributed by atoms with Gasteiger partial charge < -0.3 is 45.4 Å². The topological polar surface area (TPSA) is 209 Å². The number of fused-ring (bicyclic) bond motifs is 3. The Morgan fingerprint density at radius 1 is 1.11 bits per heavy atom. The summed E-state index contributed by atoms with van der Waals surface area (Å²) in [5.41, 5.74) is 2.86. The molecule has 0 spiro atoms. The highest BCUT2D eigenvalue weighted by atomic mass is 31.2. The molecule has 0 aromatic heterocycles. The number of Topliss-reactive ketones (excluding diaryl/α,β-unsaturated/α-hetero) is 2. The van der Waals surface area contributed by atoms with E-state index in [1.165, 1.54) is 0 Å². The number of aromatic hydroxyl groups is 1. The Morgan fingerprint density at radius 2 is 1.74 bits per heavy atom. The third kappa shape index (κ3) is 5.17. The molecular weight excluding hydrogens is 617 g/mol. The number of hydrogen-bond acceptors (Lipinski definition) is 12. The van der Waals surface area contributed by atoms with E-state index >= 15 is 0 Å². The second-order valence-electron chi connectivity index (χ2n) is 11.8. The van der Waals surface area contributed by atoms with E-state index in [2.05, 4.69) is 5.32 Å². The highest BCUT2D eigenvalue weighted by Crippen LogP contribution is 2.62. The van der Waals surface area contributed by atoms with E-state index in [-0.39, 0.29) is 49.3 Å². The first-order valence-corrected chi connectivity index (χ1v) is 16.6. The molecule has 3 aliphatic carbocycles. The second-order valence-corrected chi connectivity index (χ2v) is 13.9. The number of phenolic OH excluding ortho intramolecular Hbond substituents is 1. The number of primary amides is 1. The molecule has 46 heavy (non-hydrogen) atoms. The number of aliphatic hydroxyl groups is 3. The number of nitrogens with one attached hydrogen (secondary N) is 1. The number of nitrogens with zero attached hydrogens (tertiary/aromatic N) is 1. The zero-order chi connectivity index (χ0) is 33.7. The number of amides is 1. The monoisotopic (exact) mass is 655 g/mol. The van der Waals surface area contributed by atoms with E-state index < -0.39 is 71.1 Å². The SMILES string of the molecule is CCOP(=O)(OCC)C(Nc1cc(N(C)C)c2c(c1O)C(=O)C1=C(O)[C@]3(O)C(=O)C(C(N)=O)=C(O)C[C@@H]3C[C@@H]1C2)c1ccccc1. The highest BCUT2D eigenvalue weighted by Gasteiger charge is 2.60. The molecule has 0 fully saturated rings. The number of ketones is 2. The van der Waals surface area contributed by atoms with Gasteiger partial charge in [-0.1, -0.05) is 30.3 Å². The van der Waals surface area contributed by atoms with Crippen molar-refractivity contribution in [2.75, 3.05) is 37.5 Å². The Labute approximate surface area is 265 Å². The number of nitrogens with two attached hydrogens (primary N) is 1. The van der Waals surface area contributed by atoms with Crippen molar-refractivity contribution in [3.05, 3.63) is 75.8 Å². The molecule has 13 nitrogen and oxygen atoms in total. The lowest BCUT2D eigenvalue weighted by atomic mass is 9.60. The van der Waals surface area contributed by atoms with Crippen LogP contribution in [0.15, 0.2) is 59.1 Å². The predicted molar refractivity (Wildman–Crippen MR) is 169 cm³/mol. The normalized spacial score (nSPS) is 23.4. The molecule has 14 heteroatoms. The molecule has 7 N–H and O–H groups in total. The maximum absolute atomic E-state index is 14.3. The molecule has 0 bridgehead atoms. The largest absolute Gasteiger partial charge is 0.511 e. The highest BCUT2D eigenvalue weighted by molar-refractivity contribution is 7.54. The van der Waals surface area contributed by atoms with Crippen molar-refractivity contribution in [3.8, 4) is 5.75 Å². The fourth-order valence-corrected chi connectivity index (χ4v) is 8.78. The molecule has 0 heterocycles. The lowest BCUT2D eigenvalue weighted by molar-refractivity contribution is -0.144. The van der Waals surface area contributed by atoms with Crippen LogP contribution in [0.4, 0.5) is 11.4 Å². The minimum absolute atomic E-state index is 0.0124. The zero-order valence-corrected chi connectivity index (χ0v) is 26.8. The summed E-state index contributed by atoms with van der Waals surface area (Å²) in [7, 11) is -0.413. The summed E-state index contributed by atoms with van der Waals surface area (Å²) in [5.74, 6) is -8.27. The van der Waals surface area contributed by atoms with E-state index in [0.29, 0.717) is 16.8 Å². The maximum Gasteiger partial charge on any atom is 0.357 e. The van der Waals surface area contributed by atoms with Gasteiger partial charge in [-0.05, 0) is 49.8 Å². The third-order valence-corrected chi connectivity index (χ3v) is 11.2. The molecule has 3 aliphatic rings. The maximum atomic E-state index is 14.3. The van der Waals surface area contributed by atoms with E-state index in [4.69, 9.17) is 14.8 Å². The van der Waals surface area contributed by atoms with Crippen molar-refractivity contribution in [1.82, 2.24) is 0 Å². The quantitative estimate of drug-likeness (QED) is 0.122. The van der Waals surface area contributed by atoms with Gasteiger partial charge in [0.25, 0.3) is 5.91 Å². The minimum Gasteiger partial charge on any atom is -0.511 e. The van der Waals surface area contributed by atoms with Crippen LogP contribution in [-0.4, -0.2) is 70.8 Å². The molecule has 1 unspecified atom stereocenters. The first kappa shape index (κ1) is 33.2. The molecule has 0 saturated carbocycles. The second kappa shape index (κ2) is 12.2. The van der Waals surface area contributed by atoms with Gasteiger partial charge in [-0.15, -0.1) is 0 Å². The number of allylic oxidation sites excluding steroid dienone is 2. The number of carbonyl (C=O) groups is 3. The standard InChI is InChI=1S/C32H38N3O10P/c1-5-44-46(43,45-6-2)31(16-10-8-7-9-11-16)34-20-15-21(35(3)4)19-13-17-12-18-14-22(36)25(30(33)41)29(40)32(18,42)28(39)23(17)27(38)24(19)26(20)37/h7-11,15,17-18,31,34,36-37,39,42H,5-6,12-14H2,1-4H3,(H2,33,41)/t17-,18+,31?,32+/m1/s1. The van der Waals surface area contributed by atoms with Crippen molar-refractivity contribution >= 4 is 36.4 Å². The Morgan fingerprint density at radius 3 is 2.30 bits per heavy atom. The van der Waals surface area contributed by atoms with E-state index in [1.807, 2.05) is 0 Å². The molecule has 4 atom stereocenters. The number of carbonyl (C=O) groups excluding carboxylic acids is 3. The number of rotatable bonds is 10. The summed E-state index contributed by atoms with van der Waals surface area (Å²) >= 11 is 0. The lowest BCUT2D eigenvalue weighted by Gasteiger charge is -2.46. The van der Waals surface area contributed by atoms with Crippen molar-refractivity contribution in [2.45, 2.75) is 44.5 Å². The number of anilines is 2. The van der Waals surface area contributed by atoms with Gasteiger partial charge in [0.1, 0.15) is 22.8 Å². The molecule has 5 rings (SSSR count). The summed E-state index contributed by atoms with van der Waals surface area (Å²) < 4.78 is 25.4. The van der Waals surface area contributed by atoms with Gasteiger partial charge in [-0.25, -0.2) is 0 Å². The van der Waals surface area contributed by atoms with Crippen LogP contribution in [0.2, 0.25) is 0 Å². The Hall–Kier alpha value is -4.16. The molecule has 1 amide bonds. The molecule has 0 saturated heterocycles. The van der Waals surface area contributed by atoms with Crippen LogP contribution in [-0.2, 0) is 29.6 Å². The van der Waals surface area contributed by atoms with Gasteiger partial charge in [0, 0.05) is 37.7 Å². The van der Waals surface area contributed by atoms with Crippen LogP contribution in [0, 0.1) is 11.8 Å². The van der Waals surface area contributed by atoms with Crippen LogP contribution < -0.4 is 16.0 Å². The van der Waals surface area contributed by atoms with Crippen molar-refractivity contribution in [3.63, 3.8) is 0 Å². The fourth-order valence-electron chi connectivity index (χ4n) is 6.85. The van der Waals surface area contributed by atoms with Crippen LogP contribution in [0.3, 0.4) is 0 Å². The Bertz CT molecular complexity index is 1710. The first-order valence-electron chi connectivity index (χ1n) is 14.9. The zero-order valence-electron chi connectivity index (χ0n) is 25.9. The molecule has 0 aliphatic heterocycles. The van der Waals surface area contributed by atoms with Crippen molar-refractivity contribution < 1.29 is 48.4 Å². The molecule has 246 valence electrons. The summed E-state index contributed by atoms with van der Waals surface area (Å²) in [6.07, 6.45) is -0.169. The van der Waals surface area contributed by atoms with Crippen LogP contribution in [0.25, 0.3) is 0 Å². The van der Waals surface area contributed by atoms with Crippen LogP contribution in [0.5, 0.6) is 5.75 Å². The molecule has 2 aromatic rings. The van der Waals surface area contributed by atoms with E-state index in [9.17, 15) is 39.4 Å². The lowest BCUT2D eigenvalue weighted by Crippen LogP contribution is -2.57. The third-order valence-electron chi connectivity index (χ3n) is 8.86. The van der Waals surface area contributed by atoms with Gasteiger partial charge in [0.15, 0.2) is 17.2 Å². The Balaban J connectivity index is 1.67. The van der Waals surface area contributed by atoms with E-state index in [1.54, 1.807) is 69.2 Å².